The van der Waals surface area contributed by atoms with Gasteiger partial charge in [-0.1, -0.05) is 36.7 Å². The third-order valence-electron chi connectivity index (χ3n) is 4.89. The first-order valence-electron chi connectivity index (χ1n) is 9.95. The van der Waals surface area contributed by atoms with E-state index in [4.69, 9.17) is 21.1 Å². The quantitative estimate of drug-likeness (QED) is 0.614. The fraction of sp³-hybridized carbons (Fsp3) is 0.391. The molecule has 0 aliphatic carbocycles. The van der Waals surface area contributed by atoms with Gasteiger partial charge < -0.3 is 19.7 Å². The molecule has 162 valence electrons. The molecular weight excluding hydrogens is 404 g/mol. The average Bonchev–Trinajstić information content (AvgIpc) is 2.76. The normalized spacial score (nSPS) is 12.6. The predicted molar refractivity (Wildman–Crippen MR) is 118 cm³/mol. The molecule has 2 amide bonds. The van der Waals surface area contributed by atoms with Crippen LogP contribution in [0.3, 0.4) is 0 Å². The summed E-state index contributed by atoms with van der Waals surface area (Å²) in [6.07, 6.45) is 0.803. The van der Waals surface area contributed by atoms with Gasteiger partial charge >= 0.3 is 0 Å². The molecule has 30 heavy (non-hydrogen) atoms. The van der Waals surface area contributed by atoms with Gasteiger partial charge in [0.25, 0.3) is 5.91 Å². The van der Waals surface area contributed by atoms with Crippen LogP contribution in [0.4, 0.5) is 0 Å². The van der Waals surface area contributed by atoms with E-state index in [9.17, 15) is 9.59 Å². The molecule has 0 spiro atoms. The maximum absolute atomic E-state index is 13.0. The highest BCUT2D eigenvalue weighted by atomic mass is 35.5. The highest BCUT2D eigenvalue weighted by molar-refractivity contribution is 6.31. The molecule has 0 heterocycles. The molecule has 0 aliphatic rings. The Morgan fingerprint density at radius 3 is 2.30 bits per heavy atom. The summed E-state index contributed by atoms with van der Waals surface area (Å²) in [6.45, 7) is 5.64. The van der Waals surface area contributed by atoms with Crippen molar-refractivity contribution in [3.05, 3.63) is 59.1 Å². The second kappa shape index (κ2) is 11.5. The second-order valence-corrected chi connectivity index (χ2v) is 7.48. The van der Waals surface area contributed by atoms with Crippen molar-refractivity contribution in [2.75, 3.05) is 13.7 Å². The summed E-state index contributed by atoms with van der Waals surface area (Å²) in [4.78, 5) is 27.2. The maximum Gasteiger partial charge on any atom is 0.261 e. The Morgan fingerprint density at radius 1 is 1.07 bits per heavy atom. The molecular formula is C23H29ClN2O4. The van der Waals surface area contributed by atoms with Crippen LogP contribution in [0.1, 0.15) is 32.8 Å². The molecule has 7 heteroatoms. The molecule has 2 rings (SSSR count). The Hall–Kier alpha value is -2.73. The van der Waals surface area contributed by atoms with Crippen LogP contribution in [0.2, 0.25) is 5.02 Å². The van der Waals surface area contributed by atoms with Gasteiger partial charge in [0.15, 0.2) is 6.61 Å². The van der Waals surface area contributed by atoms with Gasteiger partial charge in [-0.25, -0.2) is 0 Å². The van der Waals surface area contributed by atoms with E-state index in [0.717, 1.165) is 12.0 Å². The molecule has 0 bridgehead atoms. The van der Waals surface area contributed by atoms with Gasteiger partial charge in [-0.3, -0.25) is 9.59 Å². The largest absolute Gasteiger partial charge is 0.497 e. The number of methoxy groups -OCH3 is 1. The Morgan fingerprint density at radius 2 is 1.70 bits per heavy atom. The minimum Gasteiger partial charge on any atom is -0.497 e. The number of amides is 2. The van der Waals surface area contributed by atoms with E-state index >= 15 is 0 Å². The molecule has 1 N–H and O–H groups in total. The summed E-state index contributed by atoms with van der Waals surface area (Å²) in [6, 6.07) is 13.6. The summed E-state index contributed by atoms with van der Waals surface area (Å²) in [7, 11) is 1.58. The summed E-state index contributed by atoms with van der Waals surface area (Å²) >= 11 is 6.28. The minimum atomic E-state index is -0.678. The Labute approximate surface area is 183 Å². The van der Waals surface area contributed by atoms with Gasteiger partial charge in [0.05, 0.1) is 7.11 Å². The molecule has 2 aromatic rings. The topological polar surface area (TPSA) is 67.9 Å². The van der Waals surface area contributed by atoms with Gasteiger partial charge in [-0.2, -0.15) is 0 Å². The van der Waals surface area contributed by atoms with Crippen LogP contribution in [0, 0.1) is 0 Å². The van der Waals surface area contributed by atoms with Gasteiger partial charge in [-0.15, -0.1) is 0 Å². The number of halogens is 1. The van der Waals surface area contributed by atoms with Crippen molar-refractivity contribution in [3.8, 4) is 11.5 Å². The van der Waals surface area contributed by atoms with Gasteiger partial charge in [0.1, 0.15) is 17.5 Å². The van der Waals surface area contributed by atoms with Gasteiger partial charge in [0, 0.05) is 17.6 Å². The Bertz CT molecular complexity index is 841. The zero-order valence-electron chi connectivity index (χ0n) is 17.9. The highest BCUT2D eigenvalue weighted by Gasteiger charge is 2.27. The standard InChI is InChI=1S/C23H29ClN2O4/c1-5-16(2)25-23(28)17(3)26(14-18-8-6-7-9-21(18)24)22(27)15-30-20-12-10-19(29-4)11-13-20/h6-13,16-17H,5,14-15H2,1-4H3,(H,25,28)/t16-,17-/m0/s1. The van der Waals surface area contributed by atoms with Crippen LogP contribution < -0.4 is 14.8 Å². The van der Waals surface area contributed by atoms with E-state index in [-0.39, 0.29) is 31.0 Å². The van der Waals surface area contributed by atoms with Crippen LogP contribution in [0.15, 0.2) is 48.5 Å². The van der Waals surface area contributed by atoms with E-state index in [1.165, 1.54) is 4.90 Å². The van der Waals surface area contributed by atoms with Crippen molar-refractivity contribution in [1.29, 1.82) is 0 Å². The fourth-order valence-corrected chi connectivity index (χ4v) is 2.95. The fourth-order valence-electron chi connectivity index (χ4n) is 2.76. The van der Waals surface area contributed by atoms with E-state index in [1.807, 2.05) is 32.0 Å². The number of ether oxygens (including phenoxy) is 2. The first-order valence-corrected chi connectivity index (χ1v) is 10.3. The molecule has 0 unspecified atom stereocenters. The summed E-state index contributed by atoms with van der Waals surface area (Å²) in [5.74, 6) is 0.717. The van der Waals surface area contributed by atoms with Crippen LogP contribution >= 0.6 is 11.6 Å². The number of nitrogens with one attached hydrogen (secondary N) is 1. The monoisotopic (exact) mass is 432 g/mol. The number of hydrogen-bond donors (Lipinski definition) is 1. The molecule has 2 aromatic carbocycles. The van der Waals surface area contributed by atoms with Crippen LogP contribution in [0.25, 0.3) is 0 Å². The van der Waals surface area contributed by atoms with Crippen molar-refractivity contribution < 1.29 is 19.1 Å². The first kappa shape index (κ1) is 23.5. The predicted octanol–water partition coefficient (Wildman–Crippen LogP) is 4.06. The third-order valence-corrected chi connectivity index (χ3v) is 5.26. The van der Waals surface area contributed by atoms with Crippen molar-refractivity contribution in [3.63, 3.8) is 0 Å². The molecule has 6 nitrogen and oxygen atoms in total. The smallest absolute Gasteiger partial charge is 0.261 e. The number of benzene rings is 2. The van der Waals surface area contributed by atoms with Crippen molar-refractivity contribution in [2.45, 2.75) is 45.8 Å². The molecule has 0 saturated heterocycles. The zero-order chi connectivity index (χ0) is 22.1. The highest BCUT2D eigenvalue weighted by Crippen LogP contribution is 2.20. The molecule has 0 saturated carbocycles. The molecule has 2 atom stereocenters. The van der Waals surface area contributed by atoms with E-state index in [2.05, 4.69) is 5.32 Å². The third kappa shape index (κ3) is 6.66. The summed E-state index contributed by atoms with van der Waals surface area (Å²) in [5, 5.41) is 3.47. The zero-order valence-corrected chi connectivity index (χ0v) is 18.6. The maximum atomic E-state index is 13.0. The van der Waals surface area contributed by atoms with Crippen LogP contribution in [-0.4, -0.2) is 42.5 Å². The van der Waals surface area contributed by atoms with E-state index in [0.29, 0.717) is 16.5 Å². The lowest BCUT2D eigenvalue weighted by molar-refractivity contribution is -0.142. The molecule has 0 aliphatic heterocycles. The van der Waals surface area contributed by atoms with Crippen molar-refractivity contribution in [1.82, 2.24) is 10.2 Å². The van der Waals surface area contributed by atoms with Crippen LogP contribution in [0.5, 0.6) is 11.5 Å². The number of rotatable bonds is 10. The molecule has 0 aromatic heterocycles. The van der Waals surface area contributed by atoms with Gasteiger partial charge in [0.2, 0.25) is 5.91 Å². The lowest BCUT2D eigenvalue weighted by Crippen LogP contribution is -2.50. The number of carbonyl (C=O) groups is 2. The molecule has 0 radical (unpaired) electrons. The van der Waals surface area contributed by atoms with Crippen LogP contribution in [-0.2, 0) is 16.1 Å². The lowest BCUT2D eigenvalue weighted by atomic mass is 10.1. The number of nitrogens with zero attached hydrogens (tertiary/aromatic N) is 1. The Kier molecular flexibility index (Phi) is 8.99. The minimum absolute atomic E-state index is 0.0211. The van der Waals surface area contributed by atoms with E-state index in [1.54, 1.807) is 44.4 Å². The second-order valence-electron chi connectivity index (χ2n) is 7.07. The average molecular weight is 433 g/mol. The SMILES string of the molecule is CC[C@H](C)NC(=O)[C@H](C)N(Cc1ccccc1Cl)C(=O)COc1ccc(OC)cc1. The van der Waals surface area contributed by atoms with Crippen molar-refractivity contribution in [2.24, 2.45) is 0 Å². The van der Waals surface area contributed by atoms with E-state index < -0.39 is 6.04 Å². The summed E-state index contributed by atoms with van der Waals surface area (Å²) in [5.41, 5.74) is 0.764. The van der Waals surface area contributed by atoms with Gasteiger partial charge in [-0.05, 0) is 56.2 Å². The van der Waals surface area contributed by atoms with Crippen molar-refractivity contribution >= 4 is 23.4 Å². The lowest BCUT2D eigenvalue weighted by Gasteiger charge is -2.30. The first-order chi connectivity index (χ1) is 14.3. The Balaban J connectivity index is 2.14. The number of carbonyl (C=O) groups excluding carboxylic acids is 2. The summed E-state index contributed by atoms with van der Waals surface area (Å²) < 4.78 is 10.8. The number of hydrogen-bond acceptors (Lipinski definition) is 4. The molecule has 0 fully saturated rings.